The molecule has 17 heavy (non-hydrogen) atoms. The zero-order chi connectivity index (χ0) is 13.1. The van der Waals surface area contributed by atoms with Crippen molar-refractivity contribution >= 4 is 11.6 Å². The van der Waals surface area contributed by atoms with Crippen molar-refractivity contribution in [3.05, 3.63) is 29.3 Å². The van der Waals surface area contributed by atoms with Gasteiger partial charge in [-0.05, 0) is 29.5 Å². The first-order chi connectivity index (χ1) is 7.84. The van der Waals surface area contributed by atoms with Gasteiger partial charge in [0, 0.05) is 5.69 Å². The molecule has 1 aromatic rings. The van der Waals surface area contributed by atoms with Gasteiger partial charge in [-0.1, -0.05) is 32.9 Å². The van der Waals surface area contributed by atoms with Gasteiger partial charge in [0.25, 0.3) is 0 Å². The summed E-state index contributed by atoms with van der Waals surface area (Å²) in [6, 6.07) is 7.87. The third-order valence-electron chi connectivity index (χ3n) is 2.62. The van der Waals surface area contributed by atoms with Gasteiger partial charge in [0.2, 0.25) is 5.91 Å². The molecule has 0 aliphatic heterocycles. The van der Waals surface area contributed by atoms with E-state index in [4.69, 9.17) is 5.26 Å². The molecule has 3 heteroatoms. The van der Waals surface area contributed by atoms with Gasteiger partial charge in [0.1, 0.15) is 6.42 Å². The van der Waals surface area contributed by atoms with Crippen molar-refractivity contribution in [2.45, 2.75) is 39.5 Å². The molecule has 0 bridgehead atoms. The fraction of sp³-hybridized carbons (Fsp3) is 0.429. The van der Waals surface area contributed by atoms with E-state index in [0.717, 1.165) is 16.8 Å². The maximum atomic E-state index is 11.4. The largest absolute Gasteiger partial charge is 0.325 e. The van der Waals surface area contributed by atoms with E-state index in [9.17, 15) is 4.79 Å². The number of nitrogens with one attached hydrogen (secondary N) is 1. The van der Waals surface area contributed by atoms with Gasteiger partial charge in [-0.2, -0.15) is 5.26 Å². The number of anilines is 1. The highest BCUT2D eigenvalue weighted by atomic mass is 16.1. The lowest BCUT2D eigenvalue weighted by Gasteiger charge is -2.20. The van der Waals surface area contributed by atoms with Crippen molar-refractivity contribution in [2.75, 3.05) is 5.32 Å². The predicted octanol–water partition coefficient (Wildman–Crippen LogP) is 3.14. The Balaban J connectivity index is 3.00. The average molecular weight is 230 g/mol. The van der Waals surface area contributed by atoms with E-state index in [-0.39, 0.29) is 17.7 Å². The minimum absolute atomic E-state index is 0.0441. The summed E-state index contributed by atoms with van der Waals surface area (Å²) >= 11 is 0. The average Bonchev–Trinajstić information content (AvgIpc) is 2.20. The van der Waals surface area contributed by atoms with Gasteiger partial charge in [-0.25, -0.2) is 0 Å². The minimum atomic E-state index is -0.262. The highest BCUT2D eigenvalue weighted by Gasteiger charge is 2.15. The number of amides is 1. The van der Waals surface area contributed by atoms with Crippen LogP contribution in [0.3, 0.4) is 0 Å². The Morgan fingerprint density at radius 1 is 1.41 bits per heavy atom. The van der Waals surface area contributed by atoms with Crippen molar-refractivity contribution in [3.8, 4) is 6.07 Å². The molecule has 0 heterocycles. The molecular formula is C14H18N2O. The second-order valence-electron chi connectivity index (χ2n) is 5.16. The van der Waals surface area contributed by atoms with Gasteiger partial charge in [-0.3, -0.25) is 4.79 Å². The normalized spacial score (nSPS) is 10.8. The third-order valence-corrected chi connectivity index (χ3v) is 2.62. The van der Waals surface area contributed by atoms with Crippen LogP contribution in [0.15, 0.2) is 18.2 Å². The first-order valence-electron chi connectivity index (χ1n) is 5.62. The van der Waals surface area contributed by atoms with Crippen LogP contribution in [0.25, 0.3) is 0 Å². The summed E-state index contributed by atoms with van der Waals surface area (Å²) in [6.07, 6.45) is -0.112. The lowest BCUT2D eigenvalue weighted by molar-refractivity contribution is -0.115. The first-order valence-corrected chi connectivity index (χ1v) is 5.62. The van der Waals surface area contributed by atoms with E-state index in [1.54, 1.807) is 0 Å². The molecular weight excluding hydrogens is 212 g/mol. The number of nitrogens with zero attached hydrogens (tertiary/aromatic N) is 1. The van der Waals surface area contributed by atoms with Crippen LogP contribution in [-0.4, -0.2) is 5.91 Å². The summed E-state index contributed by atoms with van der Waals surface area (Å²) < 4.78 is 0. The van der Waals surface area contributed by atoms with Crippen molar-refractivity contribution in [1.82, 2.24) is 0 Å². The lowest BCUT2D eigenvalue weighted by Crippen LogP contribution is -2.15. The Hall–Kier alpha value is -1.82. The number of carbonyl (C=O) groups is 1. The lowest BCUT2D eigenvalue weighted by atomic mass is 9.86. The Kier molecular flexibility index (Phi) is 3.90. The SMILES string of the molecule is Cc1ccc(C(C)(C)C)cc1NC(=O)CC#N. The number of hydrogen-bond donors (Lipinski definition) is 1. The van der Waals surface area contributed by atoms with Gasteiger partial charge in [0.05, 0.1) is 6.07 Å². The van der Waals surface area contributed by atoms with Crippen LogP contribution >= 0.6 is 0 Å². The molecule has 1 rings (SSSR count). The number of hydrogen-bond acceptors (Lipinski definition) is 2. The van der Waals surface area contributed by atoms with E-state index in [0.29, 0.717) is 0 Å². The second-order valence-corrected chi connectivity index (χ2v) is 5.16. The van der Waals surface area contributed by atoms with Crippen LogP contribution in [0, 0.1) is 18.3 Å². The number of rotatable bonds is 2. The standard InChI is InChI=1S/C14H18N2O/c1-10-5-6-11(14(2,3)4)9-12(10)16-13(17)7-8-15/h5-6,9H,7H2,1-4H3,(H,16,17). The highest BCUT2D eigenvalue weighted by Crippen LogP contribution is 2.26. The molecule has 90 valence electrons. The van der Waals surface area contributed by atoms with Gasteiger partial charge in [0.15, 0.2) is 0 Å². The monoisotopic (exact) mass is 230 g/mol. The Morgan fingerprint density at radius 2 is 2.06 bits per heavy atom. The van der Waals surface area contributed by atoms with Crippen LogP contribution in [-0.2, 0) is 10.2 Å². The van der Waals surface area contributed by atoms with Crippen molar-refractivity contribution < 1.29 is 4.79 Å². The highest BCUT2D eigenvalue weighted by molar-refractivity contribution is 5.92. The van der Waals surface area contributed by atoms with E-state index < -0.39 is 0 Å². The summed E-state index contributed by atoms with van der Waals surface area (Å²) in [4.78, 5) is 11.4. The molecule has 0 atom stereocenters. The topological polar surface area (TPSA) is 52.9 Å². The molecule has 1 amide bonds. The fourth-order valence-corrected chi connectivity index (χ4v) is 1.49. The van der Waals surface area contributed by atoms with Crippen LogP contribution in [0.2, 0.25) is 0 Å². The Morgan fingerprint density at radius 3 is 2.59 bits per heavy atom. The second kappa shape index (κ2) is 5.01. The molecule has 0 spiro atoms. The van der Waals surface area contributed by atoms with E-state index in [1.807, 2.05) is 25.1 Å². The fourth-order valence-electron chi connectivity index (χ4n) is 1.49. The Labute approximate surface area is 102 Å². The summed E-state index contributed by atoms with van der Waals surface area (Å²) in [5, 5.41) is 11.2. The number of carbonyl (C=O) groups excluding carboxylic acids is 1. The molecule has 1 aromatic carbocycles. The summed E-state index contributed by atoms with van der Waals surface area (Å²) in [5.74, 6) is -0.262. The molecule has 1 N–H and O–H groups in total. The maximum absolute atomic E-state index is 11.4. The van der Waals surface area contributed by atoms with Crippen LogP contribution in [0.1, 0.15) is 38.3 Å². The minimum Gasteiger partial charge on any atom is -0.325 e. The summed E-state index contributed by atoms with van der Waals surface area (Å²) in [5.41, 5.74) is 3.00. The number of benzene rings is 1. The van der Waals surface area contributed by atoms with Gasteiger partial charge >= 0.3 is 0 Å². The van der Waals surface area contributed by atoms with E-state index >= 15 is 0 Å². The molecule has 0 aliphatic carbocycles. The van der Waals surface area contributed by atoms with Crippen molar-refractivity contribution in [2.24, 2.45) is 0 Å². The molecule has 0 radical (unpaired) electrons. The molecule has 0 unspecified atom stereocenters. The van der Waals surface area contributed by atoms with Crippen molar-refractivity contribution in [3.63, 3.8) is 0 Å². The van der Waals surface area contributed by atoms with Crippen LogP contribution in [0.5, 0.6) is 0 Å². The van der Waals surface area contributed by atoms with E-state index in [1.165, 1.54) is 0 Å². The molecule has 0 saturated carbocycles. The zero-order valence-electron chi connectivity index (χ0n) is 10.8. The van der Waals surface area contributed by atoms with E-state index in [2.05, 4.69) is 32.2 Å². The van der Waals surface area contributed by atoms with Crippen LogP contribution in [0.4, 0.5) is 5.69 Å². The maximum Gasteiger partial charge on any atom is 0.238 e. The number of nitriles is 1. The molecule has 0 aliphatic rings. The molecule has 0 aromatic heterocycles. The molecule has 0 fully saturated rings. The first kappa shape index (κ1) is 13.2. The van der Waals surface area contributed by atoms with Gasteiger partial charge in [-0.15, -0.1) is 0 Å². The molecule has 3 nitrogen and oxygen atoms in total. The van der Waals surface area contributed by atoms with Gasteiger partial charge < -0.3 is 5.32 Å². The van der Waals surface area contributed by atoms with Crippen molar-refractivity contribution in [1.29, 1.82) is 5.26 Å². The quantitative estimate of drug-likeness (QED) is 0.848. The Bertz CT molecular complexity index is 464. The summed E-state index contributed by atoms with van der Waals surface area (Å²) in [7, 11) is 0. The number of aryl methyl sites for hydroxylation is 1. The predicted molar refractivity (Wildman–Crippen MR) is 68.7 cm³/mol. The smallest absolute Gasteiger partial charge is 0.238 e. The third kappa shape index (κ3) is 3.60. The zero-order valence-corrected chi connectivity index (χ0v) is 10.8. The molecule has 0 saturated heterocycles. The van der Waals surface area contributed by atoms with Crippen LogP contribution < -0.4 is 5.32 Å². The summed E-state index contributed by atoms with van der Waals surface area (Å²) in [6.45, 7) is 8.31.